The van der Waals surface area contributed by atoms with Gasteiger partial charge in [-0.25, -0.2) is 0 Å². The molecular formula is C25H29NO2S. The Labute approximate surface area is 177 Å². The summed E-state index contributed by atoms with van der Waals surface area (Å²) >= 11 is 1.67. The summed E-state index contributed by atoms with van der Waals surface area (Å²) in [7, 11) is 0. The van der Waals surface area contributed by atoms with E-state index in [1.54, 1.807) is 11.8 Å². The fourth-order valence-electron chi connectivity index (χ4n) is 3.62. The number of hydrogen-bond donors (Lipinski definition) is 3. The van der Waals surface area contributed by atoms with Crippen molar-refractivity contribution in [1.29, 1.82) is 0 Å². The summed E-state index contributed by atoms with van der Waals surface area (Å²) in [6.07, 6.45) is 2.16. The van der Waals surface area contributed by atoms with Crippen LogP contribution in [0.2, 0.25) is 0 Å². The van der Waals surface area contributed by atoms with Gasteiger partial charge in [0.2, 0.25) is 0 Å². The van der Waals surface area contributed by atoms with Gasteiger partial charge in [-0.3, -0.25) is 0 Å². The molecule has 3 nitrogen and oxygen atoms in total. The van der Waals surface area contributed by atoms with Gasteiger partial charge in [0.05, 0.1) is 18.8 Å². The predicted octanol–water partition coefficient (Wildman–Crippen LogP) is 4.61. The largest absolute Gasteiger partial charge is 0.395 e. The topological polar surface area (TPSA) is 52.5 Å². The van der Waals surface area contributed by atoms with E-state index < -0.39 is 12.1 Å². The molecule has 0 bridgehead atoms. The van der Waals surface area contributed by atoms with E-state index in [0.717, 1.165) is 16.9 Å². The molecule has 0 radical (unpaired) electrons. The van der Waals surface area contributed by atoms with E-state index in [1.807, 2.05) is 42.7 Å². The normalized spacial score (nSPS) is 13.4. The van der Waals surface area contributed by atoms with E-state index in [9.17, 15) is 10.2 Å². The van der Waals surface area contributed by atoms with E-state index in [4.69, 9.17) is 0 Å². The van der Waals surface area contributed by atoms with Crippen LogP contribution in [0.4, 0.5) is 0 Å². The Bertz CT molecular complexity index is 800. The highest BCUT2D eigenvalue weighted by Crippen LogP contribution is 2.28. The van der Waals surface area contributed by atoms with Crippen molar-refractivity contribution >= 4 is 11.8 Å². The van der Waals surface area contributed by atoms with Crippen LogP contribution in [0.15, 0.2) is 89.8 Å². The zero-order valence-corrected chi connectivity index (χ0v) is 17.6. The molecule has 3 rings (SSSR count). The number of aliphatic hydroxyl groups excluding tert-OH is 2. The Morgan fingerprint density at radius 3 is 1.83 bits per heavy atom. The number of thioether (sulfide) groups is 1. The molecule has 29 heavy (non-hydrogen) atoms. The highest BCUT2D eigenvalue weighted by molar-refractivity contribution is 7.98. The third-order valence-corrected chi connectivity index (χ3v) is 6.02. The molecule has 0 aliphatic carbocycles. The molecule has 0 amide bonds. The van der Waals surface area contributed by atoms with Gasteiger partial charge >= 0.3 is 0 Å². The van der Waals surface area contributed by atoms with Crippen molar-refractivity contribution in [2.45, 2.75) is 29.4 Å². The molecule has 0 aliphatic heterocycles. The zero-order chi connectivity index (χ0) is 20.5. The van der Waals surface area contributed by atoms with E-state index in [-0.39, 0.29) is 12.5 Å². The molecule has 0 aromatic heterocycles. The van der Waals surface area contributed by atoms with Crippen LogP contribution in [-0.2, 0) is 0 Å². The zero-order valence-electron chi connectivity index (χ0n) is 16.7. The quantitative estimate of drug-likeness (QED) is 0.430. The molecule has 2 atom stereocenters. The van der Waals surface area contributed by atoms with Crippen LogP contribution in [0.5, 0.6) is 0 Å². The molecule has 0 saturated heterocycles. The van der Waals surface area contributed by atoms with Gasteiger partial charge in [-0.15, -0.1) is 11.8 Å². The van der Waals surface area contributed by atoms with Crippen molar-refractivity contribution in [1.82, 2.24) is 5.32 Å². The standard InChI is InChI=1S/C25H29NO2S/c1-29-22-14-12-21(13-15-22)25(28)24(18-27)26-17-16-23(19-8-4-2-5-9-19)20-10-6-3-7-11-20/h2-15,23-28H,16-18H2,1H3/t24-,25-/m1/s1. The van der Waals surface area contributed by atoms with Gasteiger partial charge < -0.3 is 15.5 Å². The second-order valence-electron chi connectivity index (χ2n) is 7.12. The highest BCUT2D eigenvalue weighted by Gasteiger charge is 2.21. The average Bonchev–Trinajstić information content (AvgIpc) is 2.80. The van der Waals surface area contributed by atoms with Crippen LogP contribution >= 0.6 is 11.8 Å². The summed E-state index contributed by atoms with van der Waals surface area (Å²) in [6.45, 7) is 0.576. The summed E-state index contributed by atoms with van der Waals surface area (Å²) in [5, 5.41) is 23.9. The monoisotopic (exact) mass is 407 g/mol. The third-order valence-electron chi connectivity index (χ3n) is 5.28. The first-order valence-corrected chi connectivity index (χ1v) is 11.2. The van der Waals surface area contributed by atoms with Gasteiger partial charge in [0.25, 0.3) is 0 Å². The molecule has 4 heteroatoms. The molecule has 3 N–H and O–H groups in total. The molecule has 152 valence electrons. The van der Waals surface area contributed by atoms with Gasteiger partial charge in [0.15, 0.2) is 0 Å². The summed E-state index contributed by atoms with van der Waals surface area (Å²) in [5.74, 6) is 0.266. The Hall–Kier alpha value is -2.11. The Morgan fingerprint density at radius 2 is 1.34 bits per heavy atom. The SMILES string of the molecule is CSc1ccc([C@@H](O)[C@@H](CO)NCCC(c2ccccc2)c2ccccc2)cc1. The van der Waals surface area contributed by atoms with Crippen molar-refractivity contribution in [3.05, 3.63) is 102 Å². The number of hydrogen-bond acceptors (Lipinski definition) is 4. The lowest BCUT2D eigenvalue weighted by atomic mass is 9.88. The summed E-state index contributed by atoms with van der Waals surface area (Å²) in [4.78, 5) is 1.16. The minimum absolute atomic E-state index is 0.118. The van der Waals surface area contributed by atoms with Gasteiger partial charge in [0.1, 0.15) is 0 Å². The van der Waals surface area contributed by atoms with Crippen molar-refractivity contribution in [2.75, 3.05) is 19.4 Å². The van der Waals surface area contributed by atoms with E-state index in [0.29, 0.717) is 6.54 Å². The first-order chi connectivity index (χ1) is 14.2. The molecule has 0 spiro atoms. The number of nitrogens with one attached hydrogen (secondary N) is 1. The lowest BCUT2D eigenvalue weighted by Crippen LogP contribution is -2.39. The number of rotatable bonds is 10. The van der Waals surface area contributed by atoms with Crippen LogP contribution < -0.4 is 5.32 Å². The van der Waals surface area contributed by atoms with Crippen LogP contribution in [0, 0.1) is 0 Å². The minimum atomic E-state index is -0.747. The molecule has 0 fully saturated rings. The molecule has 0 heterocycles. The average molecular weight is 408 g/mol. The van der Waals surface area contributed by atoms with E-state index in [2.05, 4.69) is 53.8 Å². The molecular weight excluding hydrogens is 378 g/mol. The smallest absolute Gasteiger partial charge is 0.0965 e. The maximum absolute atomic E-state index is 10.7. The predicted molar refractivity (Wildman–Crippen MR) is 121 cm³/mol. The molecule has 3 aromatic rings. The first-order valence-electron chi connectivity index (χ1n) is 9.99. The van der Waals surface area contributed by atoms with Crippen molar-refractivity contribution in [3.8, 4) is 0 Å². The van der Waals surface area contributed by atoms with E-state index in [1.165, 1.54) is 11.1 Å². The lowest BCUT2D eigenvalue weighted by Gasteiger charge is -2.25. The van der Waals surface area contributed by atoms with Crippen LogP contribution in [-0.4, -0.2) is 35.7 Å². The van der Waals surface area contributed by atoms with Crippen LogP contribution in [0.1, 0.15) is 35.1 Å². The van der Waals surface area contributed by atoms with Gasteiger partial charge in [-0.1, -0.05) is 72.8 Å². The lowest BCUT2D eigenvalue weighted by molar-refractivity contribution is 0.0898. The Balaban J connectivity index is 1.65. The maximum Gasteiger partial charge on any atom is 0.0965 e. The van der Waals surface area contributed by atoms with Crippen LogP contribution in [0.25, 0.3) is 0 Å². The summed E-state index contributed by atoms with van der Waals surface area (Å²) < 4.78 is 0. The highest BCUT2D eigenvalue weighted by atomic mass is 32.2. The van der Waals surface area contributed by atoms with Gasteiger partial charge in [0, 0.05) is 10.8 Å². The molecule has 0 aliphatic rings. The molecule has 0 saturated carbocycles. The molecule has 3 aromatic carbocycles. The first kappa shape index (κ1) is 21.6. The fraction of sp³-hybridized carbons (Fsp3) is 0.280. The molecule has 0 unspecified atom stereocenters. The maximum atomic E-state index is 10.7. The fourth-order valence-corrected chi connectivity index (χ4v) is 4.03. The second-order valence-corrected chi connectivity index (χ2v) is 8.00. The van der Waals surface area contributed by atoms with Crippen molar-refractivity contribution in [3.63, 3.8) is 0 Å². The van der Waals surface area contributed by atoms with Crippen LogP contribution in [0.3, 0.4) is 0 Å². The minimum Gasteiger partial charge on any atom is -0.395 e. The third kappa shape index (κ3) is 5.94. The Morgan fingerprint density at radius 1 is 0.793 bits per heavy atom. The summed E-state index contributed by atoms with van der Waals surface area (Å²) in [6, 6.07) is 28.4. The number of aliphatic hydroxyl groups is 2. The summed E-state index contributed by atoms with van der Waals surface area (Å²) in [5.41, 5.74) is 3.36. The van der Waals surface area contributed by atoms with Crippen molar-refractivity contribution < 1.29 is 10.2 Å². The van der Waals surface area contributed by atoms with Gasteiger partial charge in [-0.05, 0) is 48.0 Å². The Kier molecular flexibility index (Phi) is 8.32. The second kappa shape index (κ2) is 11.2. The van der Waals surface area contributed by atoms with E-state index >= 15 is 0 Å². The van der Waals surface area contributed by atoms with Gasteiger partial charge in [-0.2, -0.15) is 0 Å². The number of benzene rings is 3. The van der Waals surface area contributed by atoms with Crippen molar-refractivity contribution in [2.24, 2.45) is 0 Å².